The van der Waals surface area contributed by atoms with Crippen LogP contribution in [0, 0.1) is 0 Å². The zero-order valence-corrected chi connectivity index (χ0v) is 9.71. The van der Waals surface area contributed by atoms with Gasteiger partial charge in [0.25, 0.3) is 0 Å². The summed E-state index contributed by atoms with van der Waals surface area (Å²) in [5, 5.41) is 0.818. The molecular formula is C12H11N5O. The smallest absolute Gasteiger partial charge is 0.228 e. The molecule has 0 saturated heterocycles. The SMILES string of the molecule is COc1nc(N)nc2[nH]cc(-c3ccncc3)c12. The Bertz CT molecular complexity index is 692. The Morgan fingerprint density at radius 3 is 2.72 bits per heavy atom. The number of rotatable bonds is 2. The molecule has 0 spiro atoms. The third-order valence-corrected chi connectivity index (χ3v) is 2.70. The molecule has 0 saturated carbocycles. The molecule has 0 unspecified atom stereocenters. The van der Waals surface area contributed by atoms with Crippen LogP contribution in [0.15, 0.2) is 30.7 Å². The number of fused-ring (bicyclic) bond motifs is 1. The Balaban J connectivity index is 2.32. The van der Waals surface area contributed by atoms with Gasteiger partial charge in [-0.15, -0.1) is 0 Å². The highest BCUT2D eigenvalue weighted by Crippen LogP contribution is 2.33. The highest BCUT2D eigenvalue weighted by atomic mass is 16.5. The number of aromatic amines is 1. The van der Waals surface area contributed by atoms with Gasteiger partial charge in [-0.05, 0) is 17.7 Å². The van der Waals surface area contributed by atoms with Crippen LogP contribution >= 0.6 is 0 Å². The molecule has 0 aliphatic heterocycles. The molecule has 90 valence electrons. The largest absolute Gasteiger partial charge is 0.480 e. The van der Waals surface area contributed by atoms with Gasteiger partial charge >= 0.3 is 0 Å². The summed E-state index contributed by atoms with van der Waals surface area (Å²) in [6.45, 7) is 0. The van der Waals surface area contributed by atoms with Crippen molar-refractivity contribution in [3.05, 3.63) is 30.7 Å². The number of methoxy groups -OCH3 is 1. The lowest BCUT2D eigenvalue weighted by Gasteiger charge is -2.04. The standard InChI is InChI=1S/C12H11N5O/c1-18-11-9-8(7-2-4-14-5-3-7)6-15-10(9)16-12(13)17-11/h2-6H,1H3,(H3,13,15,16,17). The Kier molecular flexibility index (Phi) is 2.33. The number of ether oxygens (including phenoxy) is 1. The molecule has 6 heteroatoms. The summed E-state index contributed by atoms with van der Waals surface area (Å²) in [6.07, 6.45) is 5.33. The molecule has 0 aromatic carbocycles. The third-order valence-electron chi connectivity index (χ3n) is 2.70. The third kappa shape index (κ3) is 1.55. The molecule has 18 heavy (non-hydrogen) atoms. The van der Waals surface area contributed by atoms with Crippen LogP contribution in [-0.4, -0.2) is 27.0 Å². The van der Waals surface area contributed by atoms with Crippen molar-refractivity contribution >= 4 is 17.0 Å². The minimum absolute atomic E-state index is 0.183. The number of nitrogen functional groups attached to an aromatic ring is 1. The van der Waals surface area contributed by atoms with E-state index in [4.69, 9.17) is 10.5 Å². The van der Waals surface area contributed by atoms with Gasteiger partial charge < -0.3 is 15.5 Å². The van der Waals surface area contributed by atoms with Gasteiger partial charge in [-0.1, -0.05) is 0 Å². The predicted octanol–water partition coefficient (Wildman–Crippen LogP) is 1.61. The molecule has 3 aromatic rings. The van der Waals surface area contributed by atoms with Gasteiger partial charge in [0.05, 0.1) is 12.5 Å². The summed E-state index contributed by atoms with van der Waals surface area (Å²) in [7, 11) is 1.56. The molecule has 3 N–H and O–H groups in total. The number of pyridine rings is 1. The van der Waals surface area contributed by atoms with E-state index >= 15 is 0 Å². The van der Waals surface area contributed by atoms with Crippen LogP contribution in [0.2, 0.25) is 0 Å². The number of nitrogens with two attached hydrogens (primary N) is 1. The van der Waals surface area contributed by atoms with E-state index in [0.29, 0.717) is 11.5 Å². The van der Waals surface area contributed by atoms with Crippen molar-refractivity contribution < 1.29 is 4.74 Å². The normalized spacial score (nSPS) is 10.7. The molecule has 3 aromatic heterocycles. The first kappa shape index (κ1) is 10.5. The van der Waals surface area contributed by atoms with Crippen molar-refractivity contribution in [2.24, 2.45) is 0 Å². The molecule has 0 fully saturated rings. The summed E-state index contributed by atoms with van der Waals surface area (Å²) in [5.74, 6) is 0.646. The first-order valence-corrected chi connectivity index (χ1v) is 5.38. The van der Waals surface area contributed by atoms with E-state index in [1.165, 1.54) is 0 Å². The second kappa shape index (κ2) is 3.99. The number of aromatic nitrogens is 4. The van der Waals surface area contributed by atoms with Crippen LogP contribution in [0.3, 0.4) is 0 Å². The predicted molar refractivity (Wildman–Crippen MR) is 68.1 cm³/mol. The van der Waals surface area contributed by atoms with Gasteiger partial charge in [0.2, 0.25) is 11.8 Å². The lowest BCUT2D eigenvalue weighted by atomic mass is 10.1. The Morgan fingerprint density at radius 2 is 2.00 bits per heavy atom. The molecule has 0 atom stereocenters. The van der Waals surface area contributed by atoms with Crippen molar-refractivity contribution in [2.75, 3.05) is 12.8 Å². The van der Waals surface area contributed by atoms with Crippen molar-refractivity contribution in [1.29, 1.82) is 0 Å². The highest BCUT2D eigenvalue weighted by molar-refractivity contribution is 5.97. The van der Waals surface area contributed by atoms with E-state index in [9.17, 15) is 0 Å². The first-order chi connectivity index (χ1) is 8.79. The van der Waals surface area contributed by atoms with E-state index in [1.54, 1.807) is 19.5 Å². The molecular weight excluding hydrogens is 230 g/mol. The van der Waals surface area contributed by atoms with Gasteiger partial charge in [0.15, 0.2) is 0 Å². The monoisotopic (exact) mass is 241 g/mol. The van der Waals surface area contributed by atoms with Crippen LogP contribution in [0.5, 0.6) is 5.88 Å². The van der Waals surface area contributed by atoms with Gasteiger partial charge in [-0.2, -0.15) is 9.97 Å². The van der Waals surface area contributed by atoms with Gasteiger partial charge in [-0.3, -0.25) is 4.98 Å². The van der Waals surface area contributed by atoms with Crippen LogP contribution < -0.4 is 10.5 Å². The molecule has 3 rings (SSSR count). The van der Waals surface area contributed by atoms with Gasteiger partial charge in [-0.25, -0.2) is 0 Å². The maximum atomic E-state index is 5.62. The number of nitrogens with zero attached hydrogens (tertiary/aromatic N) is 3. The lowest BCUT2D eigenvalue weighted by molar-refractivity contribution is 0.403. The van der Waals surface area contributed by atoms with Gasteiger partial charge in [0.1, 0.15) is 5.65 Å². The van der Waals surface area contributed by atoms with Crippen molar-refractivity contribution in [2.45, 2.75) is 0 Å². The molecule has 0 amide bonds. The van der Waals surface area contributed by atoms with Crippen LogP contribution in [0.1, 0.15) is 0 Å². The first-order valence-electron chi connectivity index (χ1n) is 5.38. The van der Waals surface area contributed by atoms with Gasteiger partial charge in [0, 0.05) is 24.2 Å². The fourth-order valence-electron chi connectivity index (χ4n) is 1.92. The van der Waals surface area contributed by atoms with E-state index in [0.717, 1.165) is 16.5 Å². The van der Waals surface area contributed by atoms with Crippen LogP contribution in [0.4, 0.5) is 5.95 Å². The van der Waals surface area contributed by atoms with E-state index in [-0.39, 0.29) is 5.95 Å². The quantitative estimate of drug-likeness (QED) is 0.711. The number of nitrogens with one attached hydrogen (secondary N) is 1. The van der Waals surface area contributed by atoms with E-state index in [2.05, 4.69) is 19.9 Å². The van der Waals surface area contributed by atoms with Crippen LogP contribution in [0.25, 0.3) is 22.2 Å². The molecule has 6 nitrogen and oxygen atoms in total. The van der Waals surface area contributed by atoms with Crippen molar-refractivity contribution in [3.63, 3.8) is 0 Å². The Hall–Kier alpha value is -2.63. The maximum absolute atomic E-state index is 5.62. The summed E-state index contributed by atoms with van der Waals surface area (Å²) in [4.78, 5) is 15.3. The maximum Gasteiger partial charge on any atom is 0.228 e. The average Bonchev–Trinajstić information content (AvgIpc) is 2.82. The zero-order valence-electron chi connectivity index (χ0n) is 9.71. The zero-order chi connectivity index (χ0) is 12.5. The number of hydrogen-bond acceptors (Lipinski definition) is 5. The van der Waals surface area contributed by atoms with Crippen molar-refractivity contribution in [1.82, 2.24) is 19.9 Å². The second-order valence-corrected chi connectivity index (χ2v) is 3.75. The topological polar surface area (TPSA) is 89.7 Å². The van der Waals surface area contributed by atoms with E-state index in [1.807, 2.05) is 18.3 Å². The minimum atomic E-state index is 0.183. The number of anilines is 1. The highest BCUT2D eigenvalue weighted by Gasteiger charge is 2.14. The fraction of sp³-hybridized carbons (Fsp3) is 0.0833. The summed E-state index contributed by atoms with van der Waals surface area (Å²) in [6, 6.07) is 3.83. The summed E-state index contributed by atoms with van der Waals surface area (Å²) in [5.41, 5.74) is 8.25. The molecule has 0 bridgehead atoms. The van der Waals surface area contributed by atoms with Crippen LogP contribution in [-0.2, 0) is 0 Å². The minimum Gasteiger partial charge on any atom is -0.480 e. The fourth-order valence-corrected chi connectivity index (χ4v) is 1.92. The summed E-state index contributed by atoms with van der Waals surface area (Å²) >= 11 is 0. The molecule has 0 aliphatic rings. The number of hydrogen-bond donors (Lipinski definition) is 2. The average molecular weight is 241 g/mol. The second-order valence-electron chi connectivity index (χ2n) is 3.75. The molecule has 3 heterocycles. The number of H-pyrrole nitrogens is 1. The van der Waals surface area contributed by atoms with Crippen molar-refractivity contribution in [3.8, 4) is 17.0 Å². The molecule has 0 radical (unpaired) electrons. The van der Waals surface area contributed by atoms with E-state index < -0.39 is 0 Å². The molecule has 0 aliphatic carbocycles. The summed E-state index contributed by atoms with van der Waals surface area (Å²) < 4.78 is 5.26. The Morgan fingerprint density at radius 1 is 1.22 bits per heavy atom. The Labute approximate surface area is 103 Å². The lowest BCUT2D eigenvalue weighted by Crippen LogP contribution is -1.98.